The highest BCUT2D eigenvalue weighted by atomic mass is 32.1. The Morgan fingerprint density at radius 3 is 2.43 bits per heavy atom. The zero-order valence-corrected chi connectivity index (χ0v) is 26.8. The number of methoxy groups -OCH3 is 1. The summed E-state index contributed by atoms with van der Waals surface area (Å²) in [5, 5.41) is 2.97. The number of halogens is 1. The van der Waals surface area contributed by atoms with E-state index < -0.39 is 6.04 Å². The van der Waals surface area contributed by atoms with Crippen LogP contribution in [0.1, 0.15) is 36.6 Å². The van der Waals surface area contributed by atoms with Gasteiger partial charge in [0.15, 0.2) is 16.3 Å². The number of hydrogen-bond acceptors (Lipinski definition) is 7. The first-order valence-electron chi connectivity index (χ1n) is 15.0. The van der Waals surface area contributed by atoms with E-state index in [0.717, 1.165) is 16.7 Å². The molecule has 0 radical (unpaired) electrons. The van der Waals surface area contributed by atoms with Gasteiger partial charge in [0.2, 0.25) is 0 Å². The van der Waals surface area contributed by atoms with E-state index in [-0.39, 0.29) is 23.9 Å². The molecule has 1 aromatic heterocycles. The van der Waals surface area contributed by atoms with Crippen molar-refractivity contribution in [2.75, 3.05) is 19.0 Å². The van der Waals surface area contributed by atoms with E-state index in [4.69, 9.17) is 19.2 Å². The minimum absolute atomic E-state index is 0.236. The van der Waals surface area contributed by atoms with Gasteiger partial charge in [-0.3, -0.25) is 14.2 Å². The van der Waals surface area contributed by atoms with Gasteiger partial charge < -0.3 is 19.5 Å². The zero-order chi connectivity index (χ0) is 32.9. The number of hydrogen-bond donors (Lipinski definition) is 1. The summed E-state index contributed by atoms with van der Waals surface area (Å²) in [7, 11) is 1.54. The maximum Gasteiger partial charge on any atom is 0.271 e. The number of allylic oxidation sites excluding steroid dienone is 1. The van der Waals surface area contributed by atoms with Gasteiger partial charge in [-0.1, -0.05) is 59.9 Å². The monoisotopic (exact) mass is 649 g/mol. The SMILES string of the molecule is CCOc1ccc([C@H]2C(C(=O)Nc3ccccc3)=C(C)N=c3s/c(=C\c4ccc(OCc5ccc(F)cc5)c(OC)c4)c(=O)n32)cc1. The first-order chi connectivity index (χ1) is 22.8. The summed E-state index contributed by atoms with van der Waals surface area (Å²) in [6, 6.07) is 27.3. The summed E-state index contributed by atoms with van der Waals surface area (Å²) >= 11 is 1.25. The van der Waals surface area contributed by atoms with Crippen LogP contribution in [0.4, 0.5) is 10.1 Å². The van der Waals surface area contributed by atoms with Crippen molar-refractivity contribution >= 4 is 29.0 Å². The number of benzene rings is 4. The second-order valence-corrected chi connectivity index (χ2v) is 11.7. The molecule has 1 aliphatic rings. The summed E-state index contributed by atoms with van der Waals surface area (Å²) in [6.45, 7) is 4.45. The Morgan fingerprint density at radius 1 is 0.979 bits per heavy atom. The maximum absolute atomic E-state index is 14.1. The molecule has 8 nitrogen and oxygen atoms in total. The molecule has 5 aromatic rings. The van der Waals surface area contributed by atoms with E-state index in [1.54, 1.807) is 48.9 Å². The lowest BCUT2D eigenvalue weighted by molar-refractivity contribution is -0.113. The Hall–Kier alpha value is -5.48. The van der Waals surface area contributed by atoms with Crippen LogP contribution >= 0.6 is 11.3 Å². The first kappa shape index (κ1) is 31.5. The number of nitrogens with zero attached hydrogens (tertiary/aromatic N) is 2. The number of rotatable bonds is 10. The molecule has 0 aliphatic carbocycles. The van der Waals surface area contributed by atoms with Gasteiger partial charge in [-0.2, -0.15) is 0 Å². The molecule has 2 heterocycles. The molecule has 6 rings (SSSR count). The topological polar surface area (TPSA) is 91.2 Å². The predicted octanol–water partition coefficient (Wildman–Crippen LogP) is 6.00. The molecule has 1 amide bonds. The molecule has 47 heavy (non-hydrogen) atoms. The molecular formula is C37H32FN3O5S. The van der Waals surface area contributed by atoms with Gasteiger partial charge in [0.1, 0.15) is 18.2 Å². The first-order valence-corrected chi connectivity index (χ1v) is 15.8. The summed E-state index contributed by atoms with van der Waals surface area (Å²) in [6.07, 6.45) is 1.77. The lowest BCUT2D eigenvalue weighted by Gasteiger charge is -2.25. The van der Waals surface area contributed by atoms with Crippen LogP contribution in [-0.4, -0.2) is 24.2 Å². The molecule has 0 unspecified atom stereocenters. The molecule has 0 saturated heterocycles. The Kier molecular flexibility index (Phi) is 9.30. The fourth-order valence-electron chi connectivity index (χ4n) is 5.35. The van der Waals surface area contributed by atoms with Crippen molar-refractivity contribution < 1.29 is 23.4 Å². The van der Waals surface area contributed by atoms with E-state index in [1.807, 2.05) is 67.6 Å². The molecule has 0 bridgehead atoms. The van der Waals surface area contributed by atoms with Crippen molar-refractivity contribution in [3.63, 3.8) is 0 Å². The number of fused-ring (bicyclic) bond motifs is 1. The number of aromatic nitrogens is 1. The number of anilines is 1. The third-order valence-corrected chi connectivity index (χ3v) is 8.58. The van der Waals surface area contributed by atoms with Gasteiger partial charge in [-0.05, 0) is 85.1 Å². The van der Waals surface area contributed by atoms with E-state index in [0.29, 0.717) is 50.1 Å². The van der Waals surface area contributed by atoms with Gasteiger partial charge in [-0.25, -0.2) is 9.38 Å². The Balaban J connectivity index is 1.37. The van der Waals surface area contributed by atoms with E-state index in [2.05, 4.69) is 5.32 Å². The highest BCUT2D eigenvalue weighted by molar-refractivity contribution is 7.07. The van der Waals surface area contributed by atoms with Crippen molar-refractivity contribution in [1.82, 2.24) is 4.57 Å². The van der Waals surface area contributed by atoms with Crippen molar-refractivity contribution in [1.29, 1.82) is 0 Å². The fraction of sp³-hybridized carbons (Fsp3) is 0.162. The molecule has 0 fully saturated rings. The van der Waals surface area contributed by atoms with Crippen molar-refractivity contribution in [2.45, 2.75) is 26.5 Å². The Morgan fingerprint density at radius 2 is 1.72 bits per heavy atom. The van der Waals surface area contributed by atoms with Crippen LogP contribution in [0.25, 0.3) is 6.08 Å². The van der Waals surface area contributed by atoms with Gasteiger partial charge in [0.05, 0.1) is 35.6 Å². The van der Waals surface area contributed by atoms with E-state index in [9.17, 15) is 14.0 Å². The third kappa shape index (κ3) is 6.87. The van der Waals surface area contributed by atoms with Crippen molar-refractivity contribution in [2.24, 2.45) is 4.99 Å². The second kappa shape index (κ2) is 13.9. The number of ether oxygens (including phenoxy) is 3. The molecule has 238 valence electrons. The molecule has 1 atom stereocenters. The van der Waals surface area contributed by atoms with Gasteiger partial charge in [-0.15, -0.1) is 0 Å². The highest BCUT2D eigenvalue weighted by Gasteiger charge is 2.32. The maximum atomic E-state index is 14.1. The lowest BCUT2D eigenvalue weighted by Crippen LogP contribution is -2.40. The van der Waals surface area contributed by atoms with Crippen LogP contribution in [-0.2, 0) is 11.4 Å². The van der Waals surface area contributed by atoms with Crippen LogP contribution in [0.5, 0.6) is 17.2 Å². The molecule has 1 aliphatic heterocycles. The number of carbonyl (C=O) groups is 1. The lowest BCUT2D eigenvalue weighted by atomic mass is 9.95. The van der Waals surface area contributed by atoms with Crippen LogP contribution < -0.4 is 34.4 Å². The van der Waals surface area contributed by atoms with Crippen LogP contribution in [0.3, 0.4) is 0 Å². The number of para-hydroxylation sites is 1. The average Bonchev–Trinajstić information content (AvgIpc) is 3.38. The Labute approximate surface area is 274 Å². The van der Waals surface area contributed by atoms with Gasteiger partial charge in [0, 0.05) is 5.69 Å². The Bertz CT molecular complexity index is 2120. The summed E-state index contributed by atoms with van der Waals surface area (Å²) in [4.78, 5) is 33.1. The number of thiazole rings is 1. The third-order valence-electron chi connectivity index (χ3n) is 7.60. The average molecular weight is 650 g/mol. The summed E-state index contributed by atoms with van der Waals surface area (Å²) in [5.41, 5.74) is 3.54. The number of carbonyl (C=O) groups excluding carboxylic acids is 1. The normalized spacial score (nSPS) is 14.3. The molecule has 0 spiro atoms. The van der Waals surface area contributed by atoms with Gasteiger partial charge >= 0.3 is 0 Å². The molecule has 0 saturated carbocycles. The summed E-state index contributed by atoms with van der Waals surface area (Å²) < 4.78 is 32.5. The molecule has 10 heteroatoms. The second-order valence-electron chi connectivity index (χ2n) is 10.7. The standard InChI is InChI=1S/C37H32FN3O5S/c1-4-45-29-17-13-26(14-18-29)34-33(35(42)40-28-8-6-5-7-9-28)23(2)39-37-41(34)36(43)32(47-37)21-25-12-19-30(31(20-25)44-3)46-22-24-10-15-27(38)16-11-24/h5-21,34H,4,22H2,1-3H3,(H,40,42)/b32-21-/t34-/m0/s1. The van der Waals surface area contributed by atoms with Crippen LogP contribution in [0.2, 0.25) is 0 Å². The van der Waals surface area contributed by atoms with Crippen molar-refractivity contribution in [3.8, 4) is 17.2 Å². The van der Waals surface area contributed by atoms with Crippen LogP contribution in [0, 0.1) is 5.82 Å². The molecule has 1 N–H and O–H groups in total. The van der Waals surface area contributed by atoms with Crippen LogP contribution in [0.15, 0.2) is 118 Å². The highest BCUT2D eigenvalue weighted by Crippen LogP contribution is 2.32. The minimum atomic E-state index is -0.718. The van der Waals surface area contributed by atoms with Gasteiger partial charge in [0.25, 0.3) is 11.5 Å². The summed E-state index contributed by atoms with van der Waals surface area (Å²) in [5.74, 6) is 1.03. The smallest absolute Gasteiger partial charge is 0.271 e. The fourth-order valence-corrected chi connectivity index (χ4v) is 6.39. The molecular weight excluding hydrogens is 617 g/mol. The largest absolute Gasteiger partial charge is 0.494 e. The van der Waals surface area contributed by atoms with E-state index >= 15 is 0 Å². The zero-order valence-electron chi connectivity index (χ0n) is 26.0. The van der Waals surface area contributed by atoms with E-state index in [1.165, 1.54) is 23.5 Å². The number of amides is 1. The number of nitrogens with one attached hydrogen (secondary N) is 1. The minimum Gasteiger partial charge on any atom is -0.494 e. The van der Waals surface area contributed by atoms with Crippen molar-refractivity contribution in [3.05, 3.63) is 151 Å². The quantitative estimate of drug-likeness (QED) is 0.201. The predicted molar refractivity (Wildman–Crippen MR) is 180 cm³/mol. The molecule has 4 aromatic carbocycles.